The summed E-state index contributed by atoms with van der Waals surface area (Å²) in [5, 5.41) is 2.85. The average molecular weight is 317 g/mol. The fraction of sp³-hybridized carbons (Fsp3) is 0.278. The van der Waals surface area contributed by atoms with Crippen LogP contribution in [0.4, 0.5) is 4.39 Å². The number of halogens is 1. The molecule has 0 saturated carbocycles. The molecule has 23 heavy (non-hydrogen) atoms. The highest BCUT2D eigenvalue weighted by atomic mass is 19.1. The van der Waals surface area contributed by atoms with Crippen molar-refractivity contribution in [1.29, 1.82) is 0 Å². The van der Waals surface area contributed by atoms with Crippen LogP contribution in [0.1, 0.15) is 25.5 Å². The van der Waals surface area contributed by atoms with E-state index >= 15 is 0 Å². The third-order valence-corrected chi connectivity index (χ3v) is 3.45. The number of carbonyl (C=O) groups excluding carboxylic acids is 1. The lowest BCUT2D eigenvalue weighted by atomic mass is 10.1. The van der Waals surface area contributed by atoms with Crippen LogP contribution in [0, 0.1) is 5.82 Å². The molecule has 0 aliphatic heterocycles. The molecule has 5 heteroatoms. The maximum atomic E-state index is 12.9. The van der Waals surface area contributed by atoms with Crippen LogP contribution in [-0.4, -0.2) is 19.1 Å². The van der Waals surface area contributed by atoms with Crippen molar-refractivity contribution in [3.63, 3.8) is 0 Å². The smallest absolute Gasteiger partial charge is 0.261 e. The summed E-state index contributed by atoms with van der Waals surface area (Å²) in [6.07, 6.45) is -0.662. The maximum Gasteiger partial charge on any atom is 0.261 e. The third kappa shape index (κ3) is 4.71. The summed E-state index contributed by atoms with van der Waals surface area (Å²) in [7, 11) is 1.57. The Morgan fingerprint density at radius 3 is 2.39 bits per heavy atom. The number of benzene rings is 2. The summed E-state index contributed by atoms with van der Waals surface area (Å²) in [4.78, 5) is 12.2. The van der Waals surface area contributed by atoms with Gasteiger partial charge in [-0.2, -0.15) is 0 Å². The number of carbonyl (C=O) groups is 1. The lowest BCUT2D eigenvalue weighted by Crippen LogP contribution is -2.37. The van der Waals surface area contributed by atoms with Gasteiger partial charge < -0.3 is 14.8 Å². The zero-order valence-electron chi connectivity index (χ0n) is 13.4. The van der Waals surface area contributed by atoms with Gasteiger partial charge in [-0.25, -0.2) is 4.39 Å². The van der Waals surface area contributed by atoms with Gasteiger partial charge in [-0.3, -0.25) is 4.79 Å². The monoisotopic (exact) mass is 317 g/mol. The maximum absolute atomic E-state index is 12.9. The van der Waals surface area contributed by atoms with Gasteiger partial charge in [0.2, 0.25) is 0 Å². The van der Waals surface area contributed by atoms with Gasteiger partial charge in [0.1, 0.15) is 17.3 Å². The van der Waals surface area contributed by atoms with E-state index in [2.05, 4.69) is 5.32 Å². The molecule has 2 aromatic carbocycles. The number of nitrogens with one attached hydrogen (secondary N) is 1. The first-order valence-electron chi connectivity index (χ1n) is 7.36. The molecule has 0 aromatic heterocycles. The molecule has 2 aromatic rings. The van der Waals surface area contributed by atoms with Gasteiger partial charge in [0, 0.05) is 6.07 Å². The standard InChI is InChI=1S/C18H20FNO3/c1-12(14-7-9-15(19)10-8-14)20-18(21)13(2)23-17-6-4-5-16(11-17)22-3/h4-13H,1-3H3,(H,20,21)/t12-,13-/m1/s1. The van der Waals surface area contributed by atoms with Crippen LogP contribution in [0.5, 0.6) is 11.5 Å². The van der Waals surface area contributed by atoms with E-state index in [1.54, 1.807) is 50.4 Å². The van der Waals surface area contributed by atoms with E-state index in [9.17, 15) is 9.18 Å². The van der Waals surface area contributed by atoms with Crippen molar-refractivity contribution in [3.05, 3.63) is 59.9 Å². The summed E-state index contributed by atoms with van der Waals surface area (Å²) >= 11 is 0. The second-order valence-electron chi connectivity index (χ2n) is 5.22. The minimum atomic E-state index is -0.662. The molecule has 0 aliphatic carbocycles. The van der Waals surface area contributed by atoms with E-state index in [4.69, 9.17) is 9.47 Å². The molecule has 0 heterocycles. The number of ether oxygens (including phenoxy) is 2. The molecule has 0 unspecified atom stereocenters. The first-order chi connectivity index (χ1) is 11.0. The molecule has 122 valence electrons. The van der Waals surface area contributed by atoms with E-state index in [0.717, 1.165) is 5.56 Å². The predicted molar refractivity (Wildman–Crippen MR) is 86.0 cm³/mol. The van der Waals surface area contributed by atoms with Gasteiger partial charge in [0.15, 0.2) is 6.10 Å². The Labute approximate surface area is 135 Å². The van der Waals surface area contributed by atoms with Gasteiger partial charge >= 0.3 is 0 Å². The first-order valence-corrected chi connectivity index (χ1v) is 7.36. The van der Waals surface area contributed by atoms with Gasteiger partial charge in [-0.05, 0) is 43.7 Å². The van der Waals surface area contributed by atoms with Gasteiger partial charge in [-0.1, -0.05) is 18.2 Å². The largest absolute Gasteiger partial charge is 0.497 e. The summed E-state index contributed by atoms with van der Waals surface area (Å²) in [6.45, 7) is 3.51. The molecule has 2 atom stereocenters. The van der Waals surface area contributed by atoms with Crippen molar-refractivity contribution in [3.8, 4) is 11.5 Å². The molecule has 2 rings (SSSR count). The summed E-state index contributed by atoms with van der Waals surface area (Å²) in [5.74, 6) is 0.669. The van der Waals surface area contributed by atoms with Gasteiger partial charge in [0.25, 0.3) is 5.91 Å². The zero-order chi connectivity index (χ0) is 16.8. The Kier molecular flexibility index (Phi) is 5.57. The zero-order valence-corrected chi connectivity index (χ0v) is 13.4. The van der Waals surface area contributed by atoms with Crippen molar-refractivity contribution < 1.29 is 18.7 Å². The van der Waals surface area contributed by atoms with Crippen LogP contribution >= 0.6 is 0 Å². The molecular weight excluding hydrogens is 297 g/mol. The highest BCUT2D eigenvalue weighted by Gasteiger charge is 2.18. The third-order valence-electron chi connectivity index (χ3n) is 3.45. The fourth-order valence-electron chi connectivity index (χ4n) is 2.10. The minimum absolute atomic E-state index is 0.237. The highest BCUT2D eigenvalue weighted by molar-refractivity contribution is 5.81. The van der Waals surface area contributed by atoms with Gasteiger partial charge in [0.05, 0.1) is 13.2 Å². The summed E-state index contributed by atoms with van der Waals surface area (Å²) in [6, 6.07) is 12.9. The van der Waals surface area contributed by atoms with Crippen LogP contribution in [0.3, 0.4) is 0 Å². The molecule has 1 N–H and O–H groups in total. The van der Waals surface area contributed by atoms with E-state index in [1.807, 2.05) is 6.92 Å². The molecule has 4 nitrogen and oxygen atoms in total. The van der Waals surface area contributed by atoms with Crippen molar-refractivity contribution >= 4 is 5.91 Å². The van der Waals surface area contributed by atoms with Crippen LogP contribution in [0.2, 0.25) is 0 Å². The normalized spacial score (nSPS) is 13.0. The SMILES string of the molecule is COc1cccc(O[C@H](C)C(=O)N[C@H](C)c2ccc(F)cc2)c1. The van der Waals surface area contributed by atoms with E-state index in [-0.39, 0.29) is 17.8 Å². The van der Waals surface area contributed by atoms with E-state index < -0.39 is 6.10 Å². The lowest BCUT2D eigenvalue weighted by Gasteiger charge is -2.19. The molecule has 0 bridgehead atoms. The molecule has 0 spiro atoms. The minimum Gasteiger partial charge on any atom is -0.497 e. The molecule has 0 saturated heterocycles. The molecular formula is C18H20FNO3. The number of hydrogen-bond donors (Lipinski definition) is 1. The number of rotatable bonds is 6. The number of methoxy groups -OCH3 is 1. The number of hydrogen-bond acceptors (Lipinski definition) is 3. The number of amides is 1. The highest BCUT2D eigenvalue weighted by Crippen LogP contribution is 2.20. The van der Waals surface area contributed by atoms with E-state index in [1.165, 1.54) is 12.1 Å². The topological polar surface area (TPSA) is 47.6 Å². The van der Waals surface area contributed by atoms with Crippen molar-refractivity contribution in [1.82, 2.24) is 5.32 Å². The van der Waals surface area contributed by atoms with Crippen LogP contribution in [-0.2, 0) is 4.79 Å². The molecule has 0 fully saturated rings. The Morgan fingerprint density at radius 1 is 1.09 bits per heavy atom. The molecule has 1 amide bonds. The average Bonchev–Trinajstić information content (AvgIpc) is 2.55. The molecule has 0 radical (unpaired) electrons. The van der Waals surface area contributed by atoms with Crippen LogP contribution < -0.4 is 14.8 Å². The van der Waals surface area contributed by atoms with Crippen molar-refractivity contribution in [2.75, 3.05) is 7.11 Å². The fourth-order valence-corrected chi connectivity index (χ4v) is 2.10. The van der Waals surface area contributed by atoms with Crippen LogP contribution in [0.25, 0.3) is 0 Å². The second kappa shape index (κ2) is 7.63. The lowest BCUT2D eigenvalue weighted by molar-refractivity contribution is -0.127. The Balaban J connectivity index is 1.95. The second-order valence-corrected chi connectivity index (χ2v) is 5.22. The first kappa shape index (κ1) is 16.8. The Morgan fingerprint density at radius 2 is 1.74 bits per heavy atom. The van der Waals surface area contributed by atoms with Crippen molar-refractivity contribution in [2.24, 2.45) is 0 Å². The summed E-state index contributed by atoms with van der Waals surface area (Å²) < 4.78 is 23.7. The Hall–Kier alpha value is -2.56. The van der Waals surface area contributed by atoms with Crippen molar-refractivity contribution in [2.45, 2.75) is 26.0 Å². The van der Waals surface area contributed by atoms with Crippen LogP contribution in [0.15, 0.2) is 48.5 Å². The predicted octanol–water partition coefficient (Wildman–Crippen LogP) is 3.48. The van der Waals surface area contributed by atoms with Gasteiger partial charge in [-0.15, -0.1) is 0 Å². The quantitative estimate of drug-likeness (QED) is 0.887. The summed E-state index contributed by atoms with van der Waals surface area (Å²) in [5.41, 5.74) is 0.827. The molecule has 0 aliphatic rings. The van der Waals surface area contributed by atoms with E-state index in [0.29, 0.717) is 11.5 Å². The Bertz CT molecular complexity index is 658.